The van der Waals surface area contributed by atoms with E-state index in [2.05, 4.69) is 13.8 Å². The summed E-state index contributed by atoms with van der Waals surface area (Å²) in [7, 11) is 1.46. The fourth-order valence-electron chi connectivity index (χ4n) is 1.98. The van der Waals surface area contributed by atoms with Crippen LogP contribution in [0.5, 0.6) is 11.5 Å². The maximum atomic E-state index is 12.2. The monoisotopic (exact) mass is 295 g/mol. The van der Waals surface area contributed by atoms with Crippen LogP contribution >= 0.6 is 0 Å². The maximum Gasteiger partial charge on any atom is 0.343 e. The summed E-state index contributed by atoms with van der Waals surface area (Å²) in [6.45, 7) is 4.18. The Hall–Kier alpha value is -2.80. The van der Waals surface area contributed by atoms with E-state index in [9.17, 15) is 4.79 Å². The highest BCUT2D eigenvalue weighted by Gasteiger charge is 2.13. The standard InChI is InChI=1S/C18H17NO3/c1-12(2)14-5-7-15(8-6-14)18(20)22-16-9-4-13(11-19)10-17(16)21-3/h4-10,12H,1-3H3. The minimum absolute atomic E-state index is 0.291. The molecule has 0 bridgehead atoms. The van der Waals surface area contributed by atoms with Crippen molar-refractivity contribution in [1.82, 2.24) is 0 Å². The van der Waals surface area contributed by atoms with Crippen LogP contribution in [0.15, 0.2) is 42.5 Å². The van der Waals surface area contributed by atoms with Gasteiger partial charge in [-0.2, -0.15) is 5.26 Å². The number of nitriles is 1. The van der Waals surface area contributed by atoms with E-state index in [0.29, 0.717) is 28.5 Å². The van der Waals surface area contributed by atoms with Gasteiger partial charge in [0.1, 0.15) is 0 Å². The Labute approximate surface area is 129 Å². The molecule has 0 N–H and O–H groups in total. The molecule has 2 rings (SSSR count). The normalized spacial score (nSPS) is 10.1. The number of hydrogen-bond acceptors (Lipinski definition) is 4. The molecule has 0 aromatic heterocycles. The van der Waals surface area contributed by atoms with E-state index in [-0.39, 0.29) is 0 Å². The zero-order valence-corrected chi connectivity index (χ0v) is 12.8. The van der Waals surface area contributed by atoms with Crippen molar-refractivity contribution < 1.29 is 14.3 Å². The van der Waals surface area contributed by atoms with Gasteiger partial charge >= 0.3 is 5.97 Å². The second-order valence-electron chi connectivity index (χ2n) is 5.14. The third-order valence-electron chi connectivity index (χ3n) is 3.31. The Balaban J connectivity index is 2.20. The number of esters is 1. The van der Waals surface area contributed by atoms with Crippen LogP contribution < -0.4 is 9.47 Å². The number of carbonyl (C=O) groups excluding carboxylic acids is 1. The zero-order valence-electron chi connectivity index (χ0n) is 12.8. The lowest BCUT2D eigenvalue weighted by Crippen LogP contribution is -2.09. The summed E-state index contributed by atoms with van der Waals surface area (Å²) in [5.74, 6) is 0.590. The van der Waals surface area contributed by atoms with Gasteiger partial charge in [0.2, 0.25) is 0 Å². The Morgan fingerprint density at radius 1 is 1.09 bits per heavy atom. The van der Waals surface area contributed by atoms with Crippen molar-refractivity contribution >= 4 is 5.97 Å². The van der Waals surface area contributed by atoms with Crippen molar-refractivity contribution in [3.63, 3.8) is 0 Å². The first-order chi connectivity index (χ1) is 10.5. The van der Waals surface area contributed by atoms with Crippen LogP contribution in [0.25, 0.3) is 0 Å². The van der Waals surface area contributed by atoms with Crippen molar-refractivity contribution in [1.29, 1.82) is 5.26 Å². The fourth-order valence-corrected chi connectivity index (χ4v) is 1.98. The first-order valence-corrected chi connectivity index (χ1v) is 6.95. The molecule has 0 saturated heterocycles. The number of methoxy groups -OCH3 is 1. The molecule has 22 heavy (non-hydrogen) atoms. The van der Waals surface area contributed by atoms with Crippen molar-refractivity contribution in [3.8, 4) is 17.6 Å². The van der Waals surface area contributed by atoms with E-state index in [1.807, 2.05) is 18.2 Å². The molecule has 2 aromatic rings. The summed E-state index contributed by atoms with van der Waals surface area (Å²) in [6, 6.07) is 14.0. The lowest BCUT2D eigenvalue weighted by molar-refractivity contribution is 0.0729. The van der Waals surface area contributed by atoms with Crippen LogP contribution in [-0.4, -0.2) is 13.1 Å². The number of benzene rings is 2. The molecule has 0 spiro atoms. The van der Waals surface area contributed by atoms with Gasteiger partial charge in [-0.3, -0.25) is 0 Å². The van der Waals surface area contributed by atoms with Crippen molar-refractivity contribution in [2.45, 2.75) is 19.8 Å². The van der Waals surface area contributed by atoms with Crippen LogP contribution in [0.2, 0.25) is 0 Å². The van der Waals surface area contributed by atoms with Gasteiger partial charge in [0.15, 0.2) is 11.5 Å². The molecule has 0 aliphatic heterocycles. The summed E-state index contributed by atoms with van der Waals surface area (Å²) in [6.07, 6.45) is 0. The quantitative estimate of drug-likeness (QED) is 0.634. The molecule has 0 aliphatic carbocycles. The van der Waals surface area contributed by atoms with E-state index < -0.39 is 5.97 Å². The second-order valence-corrected chi connectivity index (χ2v) is 5.14. The Bertz CT molecular complexity index is 712. The highest BCUT2D eigenvalue weighted by Crippen LogP contribution is 2.28. The topological polar surface area (TPSA) is 59.3 Å². The first-order valence-electron chi connectivity index (χ1n) is 6.95. The van der Waals surface area contributed by atoms with E-state index in [1.165, 1.54) is 13.2 Å². The van der Waals surface area contributed by atoms with E-state index in [4.69, 9.17) is 14.7 Å². The van der Waals surface area contributed by atoms with Crippen LogP contribution in [0.4, 0.5) is 0 Å². The van der Waals surface area contributed by atoms with E-state index >= 15 is 0 Å². The molecule has 112 valence electrons. The van der Waals surface area contributed by atoms with Crippen molar-refractivity contribution in [2.24, 2.45) is 0 Å². The molecule has 4 nitrogen and oxygen atoms in total. The summed E-state index contributed by atoms with van der Waals surface area (Å²) < 4.78 is 10.5. The molecule has 4 heteroatoms. The lowest BCUT2D eigenvalue weighted by Gasteiger charge is -2.10. The minimum Gasteiger partial charge on any atom is -0.493 e. The van der Waals surface area contributed by atoms with Gasteiger partial charge in [-0.1, -0.05) is 26.0 Å². The molecule has 0 aliphatic rings. The SMILES string of the molecule is COc1cc(C#N)ccc1OC(=O)c1ccc(C(C)C)cc1. The average Bonchev–Trinajstić information content (AvgIpc) is 2.55. The van der Waals surface area contributed by atoms with Crippen molar-refractivity contribution in [3.05, 3.63) is 59.2 Å². The molecule has 0 atom stereocenters. The van der Waals surface area contributed by atoms with Gasteiger partial charge in [0, 0.05) is 6.07 Å². The van der Waals surface area contributed by atoms with Crippen molar-refractivity contribution in [2.75, 3.05) is 7.11 Å². The number of carbonyl (C=O) groups is 1. The highest BCUT2D eigenvalue weighted by atomic mass is 16.6. The summed E-state index contributed by atoms with van der Waals surface area (Å²) >= 11 is 0. The number of nitrogens with zero attached hydrogens (tertiary/aromatic N) is 1. The van der Waals surface area contributed by atoms with Gasteiger partial charge in [0.05, 0.1) is 24.3 Å². The van der Waals surface area contributed by atoms with Gasteiger partial charge in [-0.05, 0) is 35.7 Å². The Morgan fingerprint density at radius 3 is 2.32 bits per heavy atom. The molecule has 2 aromatic carbocycles. The van der Waals surface area contributed by atoms with Gasteiger partial charge in [-0.15, -0.1) is 0 Å². The van der Waals surface area contributed by atoms with Gasteiger partial charge < -0.3 is 9.47 Å². The number of ether oxygens (including phenoxy) is 2. The minimum atomic E-state index is -0.460. The molecule has 0 amide bonds. The molecule has 0 radical (unpaired) electrons. The van der Waals surface area contributed by atoms with Crippen LogP contribution in [-0.2, 0) is 0 Å². The lowest BCUT2D eigenvalue weighted by atomic mass is 10.0. The Morgan fingerprint density at radius 2 is 1.77 bits per heavy atom. The van der Waals surface area contributed by atoms with Crippen LogP contribution in [0.1, 0.15) is 41.3 Å². The molecule has 0 saturated carbocycles. The summed E-state index contributed by atoms with van der Waals surface area (Å²) in [5, 5.41) is 8.87. The van der Waals surface area contributed by atoms with E-state index in [1.54, 1.807) is 24.3 Å². The highest BCUT2D eigenvalue weighted by molar-refractivity contribution is 5.91. The fraction of sp³-hybridized carbons (Fsp3) is 0.222. The first kappa shape index (κ1) is 15.6. The van der Waals surface area contributed by atoms with Gasteiger partial charge in [-0.25, -0.2) is 4.79 Å². The molecule has 0 unspecified atom stereocenters. The largest absolute Gasteiger partial charge is 0.493 e. The molecule has 0 heterocycles. The summed E-state index contributed by atoms with van der Waals surface area (Å²) in [5.41, 5.74) is 2.07. The molecular weight excluding hydrogens is 278 g/mol. The third-order valence-corrected chi connectivity index (χ3v) is 3.31. The Kier molecular flexibility index (Phi) is 4.80. The third kappa shape index (κ3) is 3.44. The predicted octanol–water partition coefficient (Wildman–Crippen LogP) is 3.91. The summed E-state index contributed by atoms with van der Waals surface area (Å²) in [4.78, 5) is 12.2. The average molecular weight is 295 g/mol. The van der Waals surface area contributed by atoms with Crippen LogP contribution in [0.3, 0.4) is 0 Å². The number of rotatable bonds is 4. The van der Waals surface area contributed by atoms with Gasteiger partial charge in [0.25, 0.3) is 0 Å². The number of hydrogen-bond donors (Lipinski definition) is 0. The van der Waals surface area contributed by atoms with Crippen LogP contribution in [0, 0.1) is 11.3 Å². The van der Waals surface area contributed by atoms with E-state index in [0.717, 1.165) is 5.56 Å². The smallest absolute Gasteiger partial charge is 0.343 e. The maximum absolute atomic E-state index is 12.2. The zero-order chi connectivity index (χ0) is 16.1. The second kappa shape index (κ2) is 6.77. The predicted molar refractivity (Wildman–Crippen MR) is 83.2 cm³/mol. The molecule has 0 fully saturated rings. The molecular formula is C18H17NO3.